The molecule has 0 saturated heterocycles. The van der Waals surface area contributed by atoms with Crippen molar-refractivity contribution < 1.29 is 9.53 Å². The number of rotatable bonds is 5. The Labute approximate surface area is 129 Å². The summed E-state index contributed by atoms with van der Waals surface area (Å²) in [6.07, 6.45) is 3.49. The third-order valence-electron chi connectivity index (χ3n) is 3.73. The average molecular weight is 301 g/mol. The minimum atomic E-state index is 0.0338. The first-order chi connectivity index (χ1) is 10.3. The number of fused-ring (bicyclic) bond motifs is 1. The van der Waals surface area contributed by atoms with E-state index in [0.717, 1.165) is 28.8 Å². The van der Waals surface area contributed by atoms with Crippen LogP contribution in [0.25, 0.3) is 0 Å². The zero-order chi connectivity index (χ0) is 14.7. The van der Waals surface area contributed by atoms with Crippen LogP contribution in [0.1, 0.15) is 37.7 Å². The van der Waals surface area contributed by atoms with Gasteiger partial charge in [0.1, 0.15) is 0 Å². The number of carbonyl (C=O) groups excluding carboxylic acids is 1. The molecule has 0 atom stereocenters. The molecule has 0 saturated carbocycles. The van der Waals surface area contributed by atoms with Gasteiger partial charge in [0, 0.05) is 18.5 Å². The van der Waals surface area contributed by atoms with Gasteiger partial charge in [-0.2, -0.15) is 0 Å². The number of carbonyl (C=O) groups is 1. The van der Waals surface area contributed by atoms with E-state index in [-0.39, 0.29) is 5.91 Å². The molecular formula is C17H19NO2S. The lowest BCUT2D eigenvalue weighted by atomic mass is 10.1. The maximum Gasteiger partial charge on any atom is 0.261 e. The van der Waals surface area contributed by atoms with E-state index in [1.54, 1.807) is 18.4 Å². The Morgan fingerprint density at radius 1 is 1.29 bits per heavy atom. The van der Waals surface area contributed by atoms with Gasteiger partial charge in [0.25, 0.3) is 5.91 Å². The standard InChI is InChI=1S/C17H19NO2S/c1-20-11-13-5-2-4-12(8-13)10-18-17(19)16-9-14-6-3-7-15(14)21-16/h2,4-5,8-9H,3,6-7,10-11H2,1H3,(H,18,19). The van der Waals surface area contributed by atoms with Gasteiger partial charge >= 0.3 is 0 Å². The van der Waals surface area contributed by atoms with Gasteiger partial charge in [-0.3, -0.25) is 4.79 Å². The SMILES string of the molecule is COCc1cccc(CNC(=O)c2cc3c(s2)CCC3)c1. The van der Waals surface area contributed by atoms with Crippen LogP contribution in [0.4, 0.5) is 0 Å². The van der Waals surface area contributed by atoms with Gasteiger partial charge in [0.05, 0.1) is 11.5 Å². The van der Waals surface area contributed by atoms with E-state index in [1.807, 2.05) is 18.2 Å². The van der Waals surface area contributed by atoms with Crippen molar-refractivity contribution in [2.75, 3.05) is 7.11 Å². The number of nitrogens with one attached hydrogen (secondary N) is 1. The Hall–Kier alpha value is -1.65. The molecule has 1 aliphatic carbocycles. The fourth-order valence-corrected chi connectivity index (χ4v) is 3.88. The lowest BCUT2D eigenvalue weighted by molar-refractivity contribution is 0.0955. The second-order valence-corrected chi connectivity index (χ2v) is 6.49. The van der Waals surface area contributed by atoms with Crippen LogP contribution in [0.5, 0.6) is 0 Å². The highest BCUT2D eigenvalue weighted by molar-refractivity contribution is 7.14. The fourth-order valence-electron chi connectivity index (χ4n) is 2.71. The van der Waals surface area contributed by atoms with Crippen LogP contribution in [0.3, 0.4) is 0 Å². The van der Waals surface area contributed by atoms with Crippen LogP contribution in [-0.4, -0.2) is 13.0 Å². The lowest BCUT2D eigenvalue weighted by Gasteiger charge is -2.06. The molecule has 0 bridgehead atoms. The van der Waals surface area contributed by atoms with Crippen molar-refractivity contribution in [1.82, 2.24) is 5.32 Å². The molecule has 3 nitrogen and oxygen atoms in total. The molecule has 0 fully saturated rings. The molecule has 21 heavy (non-hydrogen) atoms. The quantitative estimate of drug-likeness (QED) is 0.920. The summed E-state index contributed by atoms with van der Waals surface area (Å²) in [5.41, 5.74) is 3.59. The zero-order valence-electron chi connectivity index (χ0n) is 12.1. The molecule has 4 heteroatoms. The summed E-state index contributed by atoms with van der Waals surface area (Å²) in [5, 5.41) is 3.00. The van der Waals surface area contributed by atoms with Crippen molar-refractivity contribution in [3.63, 3.8) is 0 Å². The molecule has 0 radical (unpaired) electrons. The summed E-state index contributed by atoms with van der Waals surface area (Å²) in [4.78, 5) is 14.4. The van der Waals surface area contributed by atoms with E-state index < -0.39 is 0 Å². The van der Waals surface area contributed by atoms with Gasteiger partial charge in [0.15, 0.2) is 0 Å². The monoisotopic (exact) mass is 301 g/mol. The van der Waals surface area contributed by atoms with Crippen molar-refractivity contribution in [2.24, 2.45) is 0 Å². The van der Waals surface area contributed by atoms with Crippen molar-refractivity contribution in [2.45, 2.75) is 32.4 Å². The van der Waals surface area contributed by atoms with E-state index in [9.17, 15) is 4.79 Å². The van der Waals surface area contributed by atoms with E-state index in [4.69, 9.17) is 4.74 Å². The van der Waals surface area contributed by atoms with Crippen LogP contribution in [0.15, 0.2) is 30.3 Å². The second-order valence-electron chi connectivity index (χ2n) is 5.35. The summed E-state index contributed by atoms with van der Waals surface area (Å²) in [6.45, 7) is 1.15. The summed E-state index contributed by atoms with van der Waals surface area (Å²) in [5.74, 6) is 0.0338. The van der Waals surface area contributed by atoms with Gasteiger partial charge in [-0.15, -0.1) is 11.3 Å². The number of hydrogen-bond acceptors (Lipinski definition) is 3. The summed E-state index contributed by atoms with van der Waals surface area (Å²) in [7, 11) is 1.68. The van der Waals surface area contributed by atoms with Gasteiger partial charge < -0.3 is 10.1 Å². The van der Waals surface area contributed by atoms with E-state index in [1.165, 1.54) is 16.9 Å². The molecule has 0 unspecified atom stereocenters. The molecule has 1 heterocycles. The Morgan fingerprint density at radius 2 is 2.14 bits per heavy atom. The van der Waals surface area contributed by atoms with Crippen molar-refractivity contribution >= 4 is 17.2 Å². The van der Waals surface area contributed by atoms with Crippen LogP contribution >= 0.6 is 11.3 Å². The van der Waals surface area contributed by atoms with Crippen LogP contribution in [-0.2, 0) is 30.7 Å². The first-order valence-corrected chi connectivity index (χ1v) is 8.04. The molecule has 1 aliphatic rings. The highest BCUT2D eigenvalue weighted by Gasteiger charge is 2.18. The molecule has 1 aromatic carbocycles. The highest BCUT2D eigenvalue weighted by atomic mass is 32.1. The topological polar surface area (TPSA) is 38.3 Å². The second kappa shape index (κ2) is 6.41. The average Bonchev–Trinajstić information content (AvgIpc) is 3.07. The molecule has 0 spiro atoms. The summed E-state index contributed by atoms with van der Waals surface area (Å²) < 4.78 is 5.13. The molecule has 1 aromatic heterocycles. The lowest BCUT2D eigenvalue weighted by Crippen LogP contribution is -2.21. The van der Waals surface area contributed by atoms with Gasteiger partial charge in [-0.05, 0) is 42.0 Å². The van der Waals surface area contributed by atoms with Crippen LogP contribution in [0, 0.1) is 0 Å². The Morgan fingerprint density at radius 3 is 2.95 bits per heavy atom. The predicted octanol–water partition coefficient (Wildman–Crippen LogP) is 3.31. The van der Waals surface area contributed by atoms with Gasteiger partial charge in [0.2, 0.25) is 0 Å². The summed E-state index contributed by atoms with van der Waals surface area (Å²) in [6, 6.07) is 10.2. The Bertz CT molecular complexity index is 626. The van der Waals surface area contributed by atoms with Crippen molar-refractivity contribution in [3.8, 4) is 0 Å². The summed E-state index contributed by atoms with van der Waals surface area (Å²) >= 11 is 1.64. The number of aryl methyl sites for hydroxylation is 2. The molecule has 0 aliphatic heterocycles. The zero-order valence-corrected chi connectivity index (χ0v) is 13.0. The normalized spacial score (nSPS) is 13.2. The van der Waals surface area contributed by atoms with E-state index >= 15 is 0 Å². The third kappa shape index (κ3) is 3.34. The van der Waals surface area contributed by atoms with E-state index in [0.29, 0.717) is 13.2 Å². The van der Waals surface area contributed by atoms with Crippen molar-refractivity contribution in [1.29, 1.82) is 0 Å². The molecule has 110 valence electrons. The first kappa shape index (κ1) is 14.3. The molecule has 1 N–H and O–H groups in total. The van der Waals surface area contributed by atoms with Crippen molar-refractivity contribution in [3.05, 3.63) is 56.8 Å². The number of hydrogen-bond donors (Lipinski definition) is 1. The minimum absolute atomic E-state index is 0.0338. The largest absolute Gasteiger partial charge is 0.380 e. The maximum atomic E-state index is 12.2. The molecule has 1 amide bonds. The minimum Gasteiger partial charge on any atom is -0.380 e. The number of amides is 1. The number of benzene rings is 1. The van der Waals surface area contributed by atoms with Gasteiger partial charge in [-0.25, -0.2) is 0 Å². The van der Waals surface area contributed by atoms with E-state index in [2.05, 4.69) is 17.4 Å². The van der Waals surface area contributed by atoms with Crippen LogP contribution in [0.2, 0.25) is 0 Å². The third-order valence-corrected chi connectivity index (χ3v) is 4.96. The molecule has 2 aromatic rings. The maximum absolute atomic E-state index is 12.2. The smallest absolute Gasteiger partial charge is 0.261 e. The Balaban J connectivity index is 1.61. The number of ether oxygens (including phenoxy) is 1. The molecule has 3 rings (SSSR count). The molecular weight excluding hydrogens is 282 g/mol. The van der Waals surface area contributed by atoms with Gasteiger partial charge in [-0.1, -0.05) is 24.3 Å². The first-order valence-electron chi connectivity index (χ1n) is 7.23. The fraction of sp³-hybridized carbons (Fsp3) is 0.353. The Kier molecular flexibility index (Phi) is 4.36. The number of thiophene rings is 1. The highest BCUT2D eigenvalue weighted by Crippen LogP contribution is 2.30. The number of methoxy groups -OCH3 is 1. The van der Waals surface area contributed by atoms with Crippen LogP contribution < -0.4 is 5.32 Å². The predicted molar refractivity (Wildman–Crippen MR) is 84.7 cm³/mol.